The Balaban J connectivity index is 2.45. The summed E-state index contributed by atoms with van der Waals surface area (Å²) < 4.78 is 1.31. The summed E-state index contributed by atoms with van der Waals surface area (Å²) in [6.45, 7) is 7.46. The molecule has 0 amide bonds. The summed E-state index contributed by atoms with van der Waals surface area (Å²) >= 11 is 2.42. The Morgan fingerprint density at radius 3 is 2.42 bits per heavy atom. The molecule has 0 fully saturated rings. The predicted octanol–water partition coefficient (Wildman–Crippen LogP) is 4.61. The van der Waals surface area contributed by atoms with Crippen molar-refractivity contribution in [1.82, 2.24) is 5.32 Å². The molecule has 0 aliphatic heterocycles. The van der Waals surface area contributed by atoms with Crippen molar-refractivity contribution in [2.45, 2.75) is 26.8 Å². The van der Waals surface area contributed by atoms with Crippen molar-refractivity contribution in [3.63, 3.8) is 0 Å². The summed E-state index contributed by atoms with van der Waals surface area (Å²) in [5.41, 5.74) is 5.40. The van der Waals surface area contributed by atoms with Crippen LogP contribution in [0.5, 0.6) is 0 Å². The molecule has 0 spiro atoms. The molecule has 19 heavy (non-hydrogen) atoms. The van der Waals surface area contributed by atoms with Crippen LogP contribution in [-0.2, 0) is 0 Å². The van der Waals surface area contributed by atoms with Gasteiger partial charge in [-0.05, 0) is 71.3 Å². The van der Waals surface area contributed by atoms with Gasteiger partial charge in [0.15, 0.2) is 0 Å². The smallest absolute Gasteiger partial charge is 0.0587 e. The van der Waals surface area contributed by atoms with Crippen molar-refractivity contribution in [2.75, 3.05) is 6.54 Å². The maximum absolute atomic E-state index is 3.60. The molecule has 0 radical (unpaired) electrons. The minimum atomic E-state index is 0.275. The Hall–Kier alpha value is -0.870. The number of benzene rings is 2. The van der Waals surface area contributed by atoms with Gasteiger partial charge in [-0.1, -0.05) is 43.3 Å². The SMILES string of the molecule is CCNC(c1ccc(C)c(C)c1)c1ccccc1I. The van der Waals surface area contributed by atoms with Gasteiger partial charge in [0.25, 0.3) is 0 Å². The van der Waals surface area contributed by atoms with Crippen LogP contribution in [0.3, 0.4) is 0 Å². The second-order valence-corrected chi connectivity index (χ2v) is 6.02. The third-order valence-corrected chi connectivity index (χ3v) is 4.47. The number of hydrogen-bond donors (Lipinski definition) is 1. The minimum absolute atomic E-state index is 0.275. The average molecular weight is 365 g/mol. The summed E-state index contributed by atoms with van der Waals surface area (Å²) in [5.74, 6) is 0. The third kappa shape index (κ3) is 3.37. The topological polar surface area (TPSA) is 12.0 Å². The van der Waals surface area contributed by atoms with Crippen LogP contribution < -0.4 is 5.32 Å². The lowest BCUT2D eigenvalue weighted by Gasteiger charge is -2.21. The summed E-state index contributed by atoms with van der Waals surface area (Å²) in [4.78, 5) is 0. The average Bonchev–Trinajstić information content (AvgIpc) is 2.40. The molecule has 0 heterocycles. The van der Waals surface area contributed by atoms with E-state index in [4.69, 9.17) is 0 Å². The van der Waals surface area contributed by atoms with Gasteiger partial charge in [0.05, 0.1) is 6.04 Å². The van der Waals surface area contributed by atoms with Gasteiger partial charge in [-0.25, -0.2) is 0 Å². The quantitative estimate of drug-likeness (QED) is 0.781. The highest BCUT2D eigenvalue weighted by molar-refractivity contribution is 14.1. The highest BCUT2D eigenvalue weighted by atomic mass is 127. The van der Waals surface area contributed by atoms with E-state index < -0.39 is 0 Å². The Morgan fingerprint density at radius 1 is 1.05 bits per heavy atom. The van der Waals surface area contributed by atoms with Crippen molar-refractivity contribution < 1.29 is 0 Å². The number of aryl methyl sites for hydroxylation is 2. The van der Waals surface area contributed by atoms with E-state index in [1.807, 2.05) is 0 Å². The number of rotatable bonds is 4. The summed E-state index contributed by atoms with van der Waals surface area (Å²) in [5, 5.41) is 3.60. The van der Waals surface area contributed by atoms with E-state index >= 15 is 0 Å². The van der Waals surface area contributed by atoms with Gasteiger partial charge in [-0.3, -0.25) is 0 Å². The van der Waals surface area contributed by atoms with Crippen LogP contribution in [0, 0.1) is 17.4 Å². The molecule has 0 aliphatic carbocycles. The van der Waals surface area contributed by atoms with Crippen LogP contribution in [-0.4, -0.2) is 6.54 Å². The second kappa shape index (κ2) is 6.53. The zero-order chi connectivity index (χ0) is 13.8. The van der Waals surface area contributed by atoms with E-state index in [-0.39, 0.29) is 6.04 Å². The summed E-state index contributed by atoms with van der Waals surface area (Å²) in [6.07, 6.45) is 0. The zero-order valence-electron chi connectivity index (χ0n) is 11.7. The first-order valence-corrected chi connectivity index (χ1v) is 7.76. The minimum Gasteiger partial charge on any atom is -0.306 e. The van der Waals surface area contributed by atoms with Crippen molar-refractivity contribution in [3.05, 3.63) is 68.3 Å². The molecule has 1 atom stereocenters. The second-order valence-electron chi connectivity index (χ2n) is 4.86. The van der Waals surface area contributed by atoms with Crippen LogP contribution in [0.2, 0.25) is 0 Å². The van der Waals surface area contributed by atoms with E-state index in [9.17, 15) is 0 Å². The van der Waals surface area contributed by atoms with Crippen molar-refractivity contribution in [2.24, 2.45) is 0 Å². The predicted molar refractivity (Wildman–Crippen MR) is 90.6 cm³/mol. The lowest BCUT2D eigenvalue weighted by atomic mass is 9.95. The fourth-order valence-corrected chi connectivity index (χ4v) is 2.96. The monoisotopic (exact) mass is 365 g/mol. The van der Waals surface area contributed by atoms with E-state index in [1.54, 1.807) is 0 Å². The molecule has 0 aromatic heterocycles. The Labute approximate surface area is 129 Å². The van der Waals surface area contributed by atoms with E-state index in [0.717, 1.165) is 6.54 Å². The molecule has 0 aliphatic rings. The van der Waals surface area contributed by atoms with Crippen molar-refractivity contribution in [3.8, 4) is 0 Å². The Kier molecular flexibility index (Phi) is 4.99. The standard InChI is InChI=1S/C17H20IN/c1-4-19-17(15-7-5-6-8-16(15)18)14-10-9-12(2)13(3)11-14/h5-11,17,19H,4H2,1-3H3. The van der Waals surface area contributed by atoms with Gasteiger partial charge >= 0.3 is 0 Å². The first kappa shape index (κ1) is 14.5. The van der Waals surface area contributed by atoms with Crippen LogP contribution in [0.25, 0.3) is 0 Å². The van der Waals surface area contributed by atoms with Crippen LogP contribution in [0.1, 0.15) is 35.2 Å². The Morgan fingerprint density at radius 2 is 1.79 bits per heavy atom. The zero-order valence-corrected chi connectivity index (χ0v) is 13.9. The fourth-order valence-electron chi connectivity index (χ4n) is 2.26. The van der Waals surface area contributed by atoms with Gasteiger partial charge in [0.2, 0.25) is 0 Å². The van der Waals surface area contributed by atoms with Gasteiger partial charge in [-0.2, -0.15) is 0 Å². The molecule has 2 aromatic rings. The first-order valence-electron chi connectivity index (χ1n) is 6.68. The summed E-state index contributed by atoms with van der Waals surface area (Å²) in [7, 11) is 0. The van der Waals surface area contributed by atoms with Gasteiger partial charge in [0, 0.05) is 3.57 Å². The normalized spacial score (nSPS) is 12.4. The molecule has 2 aromatic carbocycles. The van der Waals surface area contributed by atoms with Crippen LogP contribution in [0.15, 0.2) is 42.5 Å². The highest BCUT2D eigenvalue weighted by Crippen LogP contribution is 2.27. The van der Waals surface area contributed by atoms with Crippen molar-refractivity contribution in [1.29, 1.82) is 0 Å². The third-order valence-electron chi connectivity index (χ3n) is 3.49. The number of nitrogens with one attached hydrogen (secondary N) is 1. The molecule has 100 valence electrons. The molecular weight excluding hydrogens is 345 g/mol. The van der Waals surface area contributed by atoms with Crippen LogP contribution in [0.4, 0.5) is 0 Å². The van der Waals surface area contributed by atoms with E-state index in [2.05, 4.69) is 91.1 Å². The van der Waals surface area contributed by atoms with Crippen molar-refractivity contribution >= 4 is 22.6 Å². The summed E-state index contributed by atoms with van der Waals surface area (Å²) in [6, 6.07) is 15.6. The Bertz CT molecular complexity index is 563. The lowest BCUT2D eigenvalue weighted by molar-refractivity contribution is 0.628. The lowest BCUT2D eigenvalue weighted by Crippen LogP contribution is -2.23. The van der Waals surface area contributed by atoms with Gasteiger partial charge < -0.3 is 5.32 Å². The number of hydrogen-bond acceptors (Lipinski definition) is 1. The first-order chi connectivity index (χ1) is 9.13. The molecule has 0 saturated carbocycles. The van der Waals surface area contributed by atoms with E-state index in [1.165, 1.54) is 25.8 Å². The molecule has 1 nitrogen and oxygen atoms in total. The fraction of sp³-hybridized carbons (Fsp3) is 0.294. The van der Waals surface area contributed by atoms with Crippen LogP contribution >= 0.6 is 22.6 Å². The molecule has 0 saturated heterocycles. The molecular formula is C17H20IN. The number of halogens is 1. The largest absolute Gasteiger partial charge is 0.306 e. The molecule has 1 unspecified atom stereocenters. The van der Waals surface area contributed by atoms with Gasteiger partial charge in [0.1, 0.15) is 0 Å². The molecule has 2 heteroatoms. The maximum Gasteiger partial charge on any atom is 0.0587 e. The molecule has 1 N–H and O–H groups in total. The van der Waals surface area contributed by atoms with Gasteiger partial charge in [-0.15, -0.1) is 0 Å². The maximum atomic E-state index is 3.60. The molecule has 0 bridgehead atoms. The highest BCUT2D eigenvalue weighted by Gasteiger charge is 2.15. The molecule has 2 rings (SSSR count). The van der Waals surface area contributed by atoms with E-state index in [0.29, 0.717) is 0 Å².